The predicted octanol–water partition coefficient (Wildman–Crippen LogP) is 0.435. The van der Waals surface area contributed by atoms with Gasteiger partial charge in [0.1, 0.15) is 0 Å². The van der Waals surface area contributed by atoms with Gasteiger partial charge in [0.2, 0.25) is 0 Å². The van der Waals surface area contributed by atoms with Crippen LogP contribution in [0, 0.1) is 33.5 Å². The van der Waals surface area contributed by atoms with E-state index in [4.69, 9.17) is 10.5 Å². The summed E-state index contributed by atoms with van der Waals surface area (Å²) in [5.41, 5.74) is 5.04. The largest absolute Gasteiger partial charge is 0.327 e. The second kappa shape index (κ2) is 4.26. The second-order valence-corrected chi connectivity index (χ2v) is 7.77. The minimum atomic E-state index is -1.05. The zero-order valence-corrected chi connectivity index (χ0v) is 13.9. The molecule has 4 atom stereocenters. The molecule has 0 aromatic heterocycles. The Morgan fingerprint density at radius 3 is 2.73 bits per heavy atom. The smallest absolute Gasteiger partial charge is 0.277 e. The molecule has 22 heavy (non-hydrogen) atoms. The van der Waals surface area contributed by atoms with E-state index in [2.05, 4.69) is 33.1 Å². The number of nitrogens with two attached hydrogens (primary N) is 1. The number of halogens is 1. The van der Waals surface area contributed by atoms with Gasteiger partial charge in [0.25, 0.3) is 10.9 Å². The quantitative estimate of drug-likeness (QED) is 0.741. The van der Waals surface area contributed by atoms with Gasteiger partial charge in [-0.25, -0.2) is 4.99 Å². The summed E-state index contributed by atoms with van der Waals surface area (Å²) in [6.07, 6.45) is 0. The van der Waals surface area contributed by atoms with Crippen LogP contribution in [0.3, 0.4) is 0 Å². The van der Waals surface area contributed by atoms with Crippen molar-refractivity contribution in [2.24, 2.45) is 16.6 Å². The van der Waals surface area contributed by atoms with E-state index in [0.29, 0.717) is 12.4 Å². The lowest BCUT2D eigenvalue weighted by Crippen LogP contribution is -2.88. The first-order chi connectivity index (χ1) is 10.6. The van der Waals surface area contributed by atoms with Crippen molar-refractivity contribution in [2.75, 3.05) is 12.4 Å². The van der Waals surface area contributed by atoms with Crippen LogP contribution in [0.15, 0.2) is 28.7 Å². The summed E-state index contributed by atoms with van der Waals surface area (Å²) in [7, 11) is 0. The number of thioether (sulfide) groups is 1. The summed E-state index contributed by atoms with van der Waals surface area (Å²) in [6, 6.07) is 12.4. The number of benzene rings is 1. The molecule has 2 fully saturated rings. The lowest BCUT2D eigenvalue weighted by Gasteiger charge is -2.23. The van der Waals surface area contributed by atoms with E-state index in [9.17, 15) is 10.5 Å². The van der Waals surface area contributed by atoms with Crippen molar-refractivity contribution in [1.82, 2.24) is 0 Å². The van der Waals surface area contributed by atoms with Crippen LogP contribution >= 0.6 is 27.7 Å². The van der Waals surface area contributed by atoms with Gasteiger partial charge in [-0.05, 0) is 11.6 Å². The molecule has 1 saturated carbocycles. The first kappa shape index (κ1) is 14.1. The van der Waals surface area contributed by atoms with Gasteiger partial charge in [0.15, 0.2) is 10.8 Å². The lowest BCUT2D eigenvalue weighted by molar-refractivity contribution is -0.583. The van der Waals surface area contributed by atoms with E-state index in [0.717, 1.165) is 15.8 Å². The van der Waals surface area contributed by atoms with Crippen LogP contribution < -0.4 is 10.7 Å². The molecule has 7 heteroatoms. The van der Waals surface area contributed by atoms with Crippen molar-refractivity contribution >= 4 is 33.5 Å². The van der Waals surface area contributed by atoms with Gasteiger partial charge in [-0.1, -0.05) is 45.9 Å². The van der Waals surface area contributed by atoms with Gasteiger partial charge in [0, 0.05) is 16.1 Å². The highest BCUT2D eigenvalue weighted by Crippen LogP contribution is 2.81. The van der Waals surface area contributed by atoms with Gasteiger partial charge in [0.05, 0.1) is 18.7 Å². The Balaban J connectivity index is 1.97. The first-order valence-corrected chi connectivity index (χ1v) is 8.63. The Morgan fingerprint density at radius 1 is 1.36 bits per heavy atom. The Labute approximate surface area is 140 Å². The number of nitriles is 2. The molecule has 2 heterocycles. The Hall–Kier alpha value is -1.54. The average molecular weight is 376 g/mol. The maximum absolute atomic E-state index is 10.0. The maximum atomic E-state index is 10.0. The van der Waals surface area contributed by atoms with Crippen LogP contribution in [0.1, 0.15) is 11.5 Å². The number of ether oxygens (including phenoxy) is 1. The van der Waals surface area contributed by atoms with Crippen molar-refractivity contribution in [3.05, 3.63) is 34.3 Å². The van der Waals surface area contributed by atoms with Gasteiger partial charge in [-0.2, -0.15) is 10.5 Å². The van der Waals surface area contributed by atoms with Crippen molar-refractivity contribution in [2.45, 2.75) is 11.0 Å². The Morgan fingerprint density at radius 2 is 2.14 bits per heavy atom. The number of nitrogens with zero attached hydrogens (tertiary/aromatic N) is 2. The summed E-state index contributed by atoms with van der Waals surface area (Å²) < 4.78 is 6.78. The van der Waals surface area contributed by atoms with Crippen molar-refractivity contribution in [3.8, 4) is 12.1 Å². The van der Waals surface area contributed by atoms with E-state index in [1.54, 1.807) is 0 Å². The Kier molecular flexibility index (Phi) is 2.73. The fourth-order valence-corrected chi connectivity index (χ4v) is 5.86. The SMILES string of the molecule is N#C[C@@]12[C@H](c3ccccc3Br)[C@]1(C#N)C(N)=[NH+][C@@]21OCCS1. The molecule has 0 amide bonds. The third-order valence-electron chi connectivity index (χ3n) is 4.91. The fourth-order valence-electron chi connectivity index (χ4n) is 3.99. The molecule has 3 N–H and O–H groups in total. The third kappa shape index (κ3) is 1.24. The van der Waals surface area contributed by atoms with E-state index in [-0.39, 0.29) is 5.92 Å². The molecule has 1 aromatic carbocycles. The van der Waals surface area contributed by atoms with Crippen LogP contribution in [0.25, 0.3) is 0 Å². The van der Waals surface area contributed by atoms with Gasteiger partial charge >= 0.3 is 0 Å². The molecule has 0 radical (unpaired) electrons. The fraction of sp³-hybridized carbons (Fsp3) is 0.400. The van der Waals surface area contributed by atoms with Gasteiger partial charge in [-0.15, -0.1) is 0 Å². The molecule has 0 bridgehead atoms. The van der Waals surface area contributed by atoms with Gasteiger partial charge in [-0.3, -0.25) is 5.73 Å². The number of hydrogen-bond acceptors (Lipinski definition) is 5. The number of fused-ring (bicyclic) bond motifs is 2. The molecule has 110 valence electrons. The molecule has 2 aliphatic heterocycles. The minimum Gasteiger partial charge on any atom is -0.327 e. The standard InChI is InChI=1S/C15H11BrN4OS/c16-10-4-2-1-3-9(10)11-13(7-17)12(19)20-15(14(11,13)8-18)21-5-6-22-15/h1-4,11H,5-6H2,(H2,19,20)/p+1/t11-,13-,14-,15-/m1/s1. The normalized spacial score (nSPS) is 41.6. The summed E-state index contributed by atoms with van der Waals surface area (Å²) in [5.74, 6) is 0.803. The molecular formula is C15H12BrN4OS+. The summed E-state index contributed by atoms with van der Waals surface area (Å²) in [4.78, 5) is 3.11. The molecular weight excluding hydrogens is 364 g/mol. The van der Waals surface area contributed by atoms with Crippen molar-refractivity contribution in [1.29, 1.82) is 10.5 Å². The highest BCUT2D eigenvalue weighted by molar-refractivity contribution is 9.10. The van der Waals surface area contributed by atoms with Gasteiger partial charge < -0.3 is 4.74 Å². The van der Waals surface area contributed by atoms with Crippen LogP contribution in [0.2, 0.25) is 0 Å². The average Bonchev–Trinajstić information content (AvgIpc) is 2.76. The molecule has 0 unspecified atom stereocenters. The van der Waals surface area contributed by atoms with E-state index in [1.165, 1.54) is 11.8 Å². The third-order valence-corrected chi connectivity index (χ3v) is 6.95. The van der Waals surface area contributed by atoms with Crippen LogP contribution in [-0.2, 0) is 4.74 Å². The topological polar surface area (TPSA) is 96.8 Å². The minimum absolute atomic E-state index is 0.308. The predicted molar refractivity (Wildman–Crippen MR) is 84.3 cm³/mol. The lowest BCUT2D eigenvalue weighted by atomic mass is 9.95. The van der Waals surface area contributed by atoms with E-state index in [1.807, 2.05) is 24.3 Å². The van der Waals surface area contributed by atoms with Crippen LogP contribution in [0.4, 0.5) is 0 Å². The molecule has 3 aliphatic rings. The summed E-state index contributed by atoms with van der Waals surface area (Å²) in [5, 5.41) is 19.0. The maximum Gasteiger partial charge on any atom is 0.277 e. The van der Waals surface area contributed by atoms with Crippen LogP contribution in [-0.4, -0.2) is 23.3 Å². The summed E-state index contributed by atoms with van der Waals surface area (Å²) >= 11 is 5.06. The zero-order valence-electron chi connectivity index (χ0n) is 11.5. The van der Waals surface area contributed by atoms with E-state index >= 15 is 0 Å². The number of amidine groups is 1. The Bertz CT molecular complexity index is 791. The molecule has 1 spiro atoms. The number of rotatable bonds is 1. The second-order valence-electron chi connectivity index (χ2n) is 5.65. The molecule has 4 rings (SSSR count). The van der Waals surface area contributed by atoms with Crippen molar-refractivity contribution in [3.63, 3.8) is 0 Å². The monoisotopic (exact) mass is 375 g/mol. The first-order valence-electron chi connectivity index (χ1n) is 6.85. The highest BCUT2D eigenvalue weighted by atomic mass is 79.9. The summed E-state index contributed by atoms with van der Waals surface area (Å²) in [6.45, 7) is 0.540. The molecule has 1 aromatic rings. The number of hydrogen-bond donors (Lipinski definition) is 2. The molecule has 5 nitrogen and oxygen atoms in total. The highest BCUT2D eigenvalue weighted by Gasteiger charge is 2.96. The molecule has 1 aliphatic carbocycles. The number of nitrogens with one attached hydrogen (secondary N) is 1. The van der Waals surface area contributed by atoms with E-state index < -0.39 is 15.9 Å². The molecule has 1 saturated heterocycles. The van der Waals surface area contributed by atoms with Crippen molar-refractivity contribution < 1.29 is 9.73 Å². The van der Waals surface area contributed by atoms with Crippen LogP contribution in [0.5, 0.6) is 0 Å². The zero-order chi connectivity index (χ0) is 15.6.